The molecular formula is C13H21N3O. The summed E-state index contributed by atoms with van der Waals surface area (Å²) in [6.07, 6.45) is 4.01. The quantitative estimate of drug-likeness (QED) is 0.834. The molecule has 2 rings (SSSR count). The van der Waals surface area contributed by atoms with Gasteiger partial charge in [-0.1, -0.05) is 0 Å². The predicted octanol–water partition coefficient (Wildman–Crippen LogP) is 1.72. The Hall–Kier alpha value is -1.29. The van der Waals surface area contributed by atoms with Gasteiger partial charge < -0.3 is 15.3 Å². The van der Waals surface area contributed by atoms with Gasteiger partial charge in [-0.15, -0.1) is 0 Å². The van der Waals surface area contributed by atoms with E-state index in [-0.39, 0.29) is 0 Å². The van der Waals surface area contributed by atoms with E-state index in [2.05, 4.69) is 34.3 Å². The summed E-state index contributed by atoms with van der Waals surface area (Å²) in [5.41, 5.74) is 1.23. The van der Waals surface area contributed by atoms with E-state index in [9.17, 15) is 0 Å². The molecule has 0 amide bonds. The monoisotopic (exact) mass is 235 g/mol. The molecule has 0 unspecified atom stereocenters. The van der Waals surface area contributed by atoms with Gasteiger partial charge >= 0.3 is 0 Å². The largest absolute Gasteiger partial charge is 0.396 e. The lowest BCUT2D eigenvalue weighted by Crippen LogP contribution is -2.34. The molecule has 0 spiro atoms. The average Bonchev–Trinajstić information content (AvgIpc) is 2.40. The molecule has 0 aromatic carbocycles. The predicted molar refractivity (Wildman–Crippen MR) is 70.4 cm³/mol. The first-order valence-electron chi connectivity index (χ1n) is 6.39. The molecule has 0 radical (unpaired) electrons. The fraction of sp³-hybridized carbons (Fsp3) is 0.615. The Kier molecular flexibility index (Phi) is 4.20. The van der Waals surface area contributed by atoms with E-state index < -0.39 is 0 Å². The number of nitrogens with zero attached hydrogens (tertiary/aromatic N) is 2. The first-order chi connectivity index (χ1) is 8.33. The molecule has 94 valence electrons. The van der Waals surface area contributed by atoms with Crippen molar-refractivity contribution in [3.8, 4) is 0 Å². The third-order valence-electron chi connectivity index (χ3n) is 3.34. The Balaban J connectivity index is 2.00. The number of aromatic nitrogens is 1. The van der Waals surface area contributed by atoms with Gasteiger partial charge in [0.25, 0.3) is 0 Å². The third-order valence-corrected chi connectivity index (χ3v) is 3.34. The van der Waals surface area contributed by atoms with Gasteiger partial charge in [0, 0.05) is 44.2 Å². The van der Waals surface area contributed by atoms with Crippen molar-refractivity contribution < 1.29 is 5.11 Å². The molecule has 0 saturated carbocycles. The summed E-state index contributed by atoms with van der Waals surface area (Å²) >= 11 is 0. The minimum atomic E-state index is 0.326. The Bertz CT molecular complexity index is 348. The first kappa shape index (κ1) is 12.2. The maximum Gasteiger partial charge on any atom is 0.127 e. The van der Waals surface area contributed by atoms with Crippen LogP contribution >= 0.6 is 0 Å². The van der Waals surface area contributed by atoms with Crippen molar-refractivity contribution in [3.05, 3.63) is 18.3 Å². The van der Waals surface area contributed by atoms with Crippen LogP contribution in [0.5, 0.6) is 0 Å². The summed E-state index contributed by atoms with van der Waals surface area (Å²) in [6, 6.07) is 4.16. The highest BCUT2D eigenvalue weighted by atomic mass is 16.3. The molecule has 4 heteroatoms. The SMILES string of the molecule is CCNc1cc(N2CCC(CO)CC2)ccn1. The van der Waals surface area contributed by atoms with Gasteiger partial charge in [0.15, 0.2) is 0 Å². The molecule has 2 heterocycles. The molecule has 4 nitrogen and oxygen atoms in total. The number of pyridine rings is 1. The summed E-state index contributed by atoms with van der Waals surface area (Å²) in [7, 11) is 0. The standard InChI is InChI=1S/C13H21N3O/c1-2-14-13-9-12(3-6-15-13)16-7-4-11(10-17)5-8-16/h3,6,9,11,17H,2,4-5,7-8,10H2,1H3,(H,14,15). The second-order valence-corrected chi connectivity index (χ2v) is 4.54. The zero-order valence-electron chi connectivity index (χ0n) is 10.4. The minimum Gasteiger partial charge on any atom is -0.396 e. The van der Waals surface area contributed by atoms with Gasteiger partial charge in [-0.25, -0.2) is 4.98 Å². The smallest absolute Gasteiger partial charge is 0.127 e. The fourth-order valence-corrected chi connectivity index (χ4v) is 2.27. The van der Waals surface area contributed by atoms with E-state index in [0.717, 1.165) is 38.3 Å². The number of nitrogens with one attached hydrogen (secondary N) is 1. The number of anilines is 2. The van der Waals surface area contributed by atoms with E-state index >= 15 is 0 Å². The van der Waals surface area contributed by atoms with Crippen LogP contribution in [0.1, 0.15) is 19.8 Å². The Labute approximate surface area is 103 Å². The number of hydrogen-bond acceptors (Lipinski definition) is 4. The molecule has 2 N–H and O–H groups in total. The summed E-state index contributed by atoms with van der Waals surface area (Å²) in [5, 5.41) is 12.4. The van der Waals surface area contributed by atoms with Crippen molar-refractivity contribution in [3.63, 3.8) is 0 Å². The van der Waals surface area contributed by atoms with Crippen molar-refractivity contribution >= 4 is 11.5 Å². The first-order valence-corrected chi connectivity index (χ1v) is 6.39. The zero-order chi connectivity index (χ0) is 12.1. The third kappa shape index (κ3) is 3.09. The number of rotatable bonds is 4. The van der Waals surface area contributed by atoms with E-state index in [1.165, 1.54) is 5.69 Å². The number of hydrogen-bond donors (Lipinski definition) is 2. The molecule has 1 aromatic heterocycles. The van der Waals surface area contributed by atoms with Crippen molar-refractivity contribution in [2.24, 2.45) is 5.92 Å². The highest BCUT2D eigenvalue weighted by Gasteiger charge is 2.18. The van der Waals surface area contributed by atoms with Gasteiger partial charge in [-0.05, 0) is 31.7 Å². The Morgan fingerprint density at radius 3 is 2.88 bits per heavy atom. The molecule has 1 aliphatic heterocycles. The highest BCUT2D eigenvalue weighted by Crippen LogP contribution is 2.24. The van der Waals surface area contributed by atoms with Gasteiger partial charge in [0.1, 0.15) is 5.82 Å². The van der Waals surface area contributed by atoms with Crippen LogP contribution in [0.3, 0.4) is 0 Å². The minimum absolute atomic E-state index is 0.326. The maximum atomic E-state index is 9.12. The number of piperidine rings is 1. The van der Waals surface area contributed by atoms with Gasteiger partial charge in [0.05, 0.1) is 0 Å². The molecule has 0 aliphatic carbocycles. The molecular weight excluding hydrogens is 214 g/mol. The van der Waals surface area contributed by atoms with Crippen molar-refractivity contribution in [2.45, 2.75) is 19.8 Å². The van der Waals surface area contributed by atoms with Crippen molar-refractivity contribution in [1.82, 2.24) is 4.98 Å². The van der Waals surface area contributed by atoms with Crippen LogP contribution in [0.4, 0.5) is 11.5 Å². The molecule has 1 fully saturated rings. The van der Waals surface area contributed by atoms with Crippen LogP contribution < -0.4 is 10.2 Å². The van der Waals surface area contributed by atoms with Crippen LogP contribution in [-0.4, -0.2) is 36.3 Å². The summed E-state index contributed by atoms with van der Waals surface area (Å²) in [6.45, 7) is 5.35. The molecule has 0 bridgehead atoms. The van der Waals surface area contributed by atoms with Gasteiger partial charge in [-0.2, -0.15) is 0 Å². The van der Waals surface area contributed by atoms with Crippen LogP contribution in [0, 0.1) is 5.92 Å². The van der Waals surface area contributed by atoms with Crippen molar-refractivity contribution in [2.75, 3.05) is 36.5 Å². The van der Waals surface area contributed by atoms with Crippen LogP contribution in [0.2, 0.25) is 0 Å². The number of aliphatic hydroxyl groups excluding tert-OH is 1. The van der Waals surface area contributed by atoms with Crippen LogP contribution in [0.25, 0.3) is 0 Å². The molecule has 1 aliphatic rings. The van der Waals surface area contributed by atoms with Crippen LogP contribution in [0.15, 0.2) is 18.3 Å². The normalized spacial score (nSPS) is 17.2. The zero-order valence-corrected chi connectivity index (χ0v) is 10.4. The number of aliphatic hydroxyl groups is 1. The van der Waals surface area contributed by atoms with Gasteiger partial charge in [-0.3, -0.25) is 0 Å². The van der Waals surface area contributed by atoms with Crippen LogP contribution in [-0.2, 0) is 0 Å². The van der Waals surface area contributed by atoms with E-state index in [1.54, 1.807) is 0 Å². The second kappa shape index (κ2) is 5.87. The Morgan fingerprint density at radius 1 is 1.47 bits per heavy atom. The molecule has 1 saturated heterocycles. The molecule has 1 aromatic rings. The van der Waals surface area contributed by atoms with Crippen molar-refractivity contribution in [1.29, 1.82) is 0 Å². The molecule has 17 heavy (non-hydrogen) atoms. The maximum absolute atomic E-state index is 9.12. The Morgan fingerprint density at radius 2 is 2.24 bits per heavy atom. The lowest BCUT2D eigenvalue weighted by atomic mass is 9.97. The lowest BCUT2D eigenvalue weighted by Gasteiger charge is -2.32. The fourth-order valence-electron chi connectivity index (χ4n) is 2.27. The summed E-state index contributed by atoms with van der Waals surface area (Å²) in [5.74, 6) is 1.43. The highest BCUT2D eigenvalue weighted by molar-refractivity contribution is 5.54. The van der Waals surface area contributed by atoms with E-state index in [0.29, 0.717) is 12.5 Å². The van der Waals surface area contributed by atoms with E-state index in [1.807, 2.05) is 6.20 Å². The van der Waals surface area contributed by atoms with E-state index in [4.69, 9.17) is 5.11 Å². The lowest BCUT2D eigenvalue weighted by molar-refractivity contribution is 0.203. The average molecular weight is 235 g/mol. The topological polar surface area (TPSA) is 48.4 Å². The van der Waals surface area contributed by atoms with Gasteiger partial charge in [0.2, 0.25) is 0 Å². The second-order valence-electron chi connectivity index (χ2n) is 4.54. The molecule has 0 atom stereocenters. The summed E-state index contributed by atoms with van der Waals surface area (Å²) < 4.78 is 0. The summed E-state index contributed by atoms with van der Waals surface area (Å²) in [4.78, 5) is 6.65.